The SMILES string of the molecule is O=C(O)Cc1cncc(N2CCc3c(cnn3-c3cc(F)cc(F)c3)C2=O)c1. The van der Waals surface area contributed by atoms with Crippen LogP contribution in [0.4, 0.5) is 14.5 Å². The van der Waals surface area contributed by atoms with E-state index in [0.29, 0.717) is 35.5 Å². The van der Waals surface area contributed by atoms with E-state index in [4.69, 9.17) is 5.11 Å². The highest BCUT2D eigenvalue weighted by molar-refractivity contribution is 6.07. The quantitative estimate of drug-likeness (QED) is 0.746. The topological polar surface area (TPSA) is 88.3 Å². The first kappa shape index (κ1) is 17.8. The van der Waals surface area contributed by atoms with E-state index >= 15 is 0 Å². The van der Waals surface area contributed by atoms with Crippen molar-refractivity contribution in [2.45, 2.75) is 12.8 Å². The Morgan fingerprint density at radius 1 is 1.07 bits per heavy atom. The molecule has 0 radical (unpaired) electrons. The number of carbonyl (C=O) groups is 2. The fraction of sp³-hybridized carbons (Fsp3) is 0.158. The van der Waals surface area contributed by atoms with Crippen LogP contribution in [-0.2, 0) is 17.6 Å². The van der Waals surface area contributed by atoms with Gasteiger partial charge in [-0.25, -0.2) is 13.5 Å². The number of anilines is 1. The number of rotatable bonds is 4. The van der Waals surface area contributed by atoms with Gasteiger partial charge in [0, 0.05) is 25.2 Å². The molecule has 1 aliphatic heterocycles. The van der Waals surface area contributed by atoms with E-state index in [1.165, 1.54) is 28.2 Å². The Kier molecular flexibility index (Phi) is 4.34. The molecule has 3 heterocycles. The van der Waals surface area contributed by atoms with Crippen LogP contribution in [0.15, 0.2) is 42.9 Å². The molecule has 4 rings (SSSR count). The summed E-state index contributed by atoms with van der Waals surface area (Å²) in [6, 6.07) is 4.67. The van der Waals surface area contributed by atoms with Crippen molar-refractivity contribution in [3.63, 3.8) is 0 Å². The van der Waals surface area contributed by atoms with E-state index in [1.807, 2.05) is 0 Å². The largest absolute Gasteiger partial charge is 0.481 e. The number of hydrogen-bond acceptors (Lipinski definition) is 4. The van der Waals surface area contributed by atoms with Crippen LogP contribution in [0.3, 0.4) is 0 Å². The smallest absolute Gasteiger partial charge is 0.307 e. The summed E-state index contributed by atoms with van der Waals surface area (Å²) < 4.78 is 28.4. The Hall–Kier alpha value is -3.62. The first-order chi connectivity index (χ1) is 13.4. The van der Waals surface area contributed by atoms with E-state index in [1.54, 1.807) is 6.07 Å². The average Bonchev–Trinajstić information content (AvgIpc) is 3.06. The maximum Gasteiger partial charge on any atom is 0.307 e. The fourth-order valence-corrected chi connectivity index (χ4v) is 3.28. The van der Waals surface area contributed by atoms with Gasteiger partial charge in [0.2, 0.25) is 0 Å². The molecule has 0 atom stereocenters. The summed E-state index contributed by atoms with van der Waals surface area (Å²) in [6.07, 6.45) is 4.50. The van der Waals surface area contributed by atoms with Gasteiger partial charge in [-0.05, 0) is 23.8 Å². The van der Waals surface area contributed by atoms with Crippen LogP contribution in [-0.4, -0.2) is 38.3 Å². The average molecular weight is 384 g/mol. The van der Waals surface area contributed by atoms with Gasteiger partial charge in [0.25, 0.3) is 5.91 Å². The zero-order valence-corrected chi connectivity index (χ0v) is 14.5. The number of amides is 1. The van der Waals surface area contributed by atoms with Gasteiger partial charge in [0.1, 0.15) is 11.6 Å². The summed E-state index contributed by atoms with van der Waals surface area (Å²) in [5.74, 6) is -2.79. The highest BCUT2D eigenvalue weighted by atomic mass is 19.1. The first-order valence-corrected chi connectivity index (χ1v) is 8.43. The molecule has 1 aromatic carbocycles. The van der Waals surface area contributed by atoms with Gasteiger partial charge in [-0.1, -0.05) is 0 Å². The Morgan fingerprint density at radius 2 is 1.82 bits per heavy atom. The summed E-state index contributed by atoms with van der Waals surface area (Å²) >= 11 is 0. The third-order valence-electron chi connectivity index (χ3n) is 4.46. The number of carboxylic acids is 1. The molecule has 28 heavy (non-hydrogen) atoms. The van der Waals surface area contributed by atoms with Crippen molar-refractivity contribution in [1.29, 1.82) is 0 Å². The van der Waals surface area contributed by atoms with Crippen LogP contribution in [0.25, 0.3) is 5.69 Å². The summed E-state index contributed by atoms with van der Waals surface area (Å²) in [7, 11) is 0. The molecule has 0 spiro atoms. The first-order valence-electron chi connectivity index (χ1n) is 8.43. The van der Waals surface area contributed by atoms with Gasteiger partial charge in [0.15, 0.2) is 0 Å². The molecule has 1 amide bonds. The van der Waals surface area contributed by atoms with Crippen molar-refractivity contribution in [3.8, 4) is 5.69 Å². The number of pyridine rings is 1. The maximum atomic E-state index is 13.5. The number of nitrogens with zero attached hydrogens (tertiary/aromatic N) is 4. The highest BCUT2D eigenvalue weighted by Crippen LogP contribution is 2.27. The molecule has 142 valence electrons. The lowest BCUT2D eigenvalue weighted by Gasteiger charge is -2.27. The number of benzene rings is 1. The van der Waals surface area contributed by atoms with Gasteiger partial charge >= 0.3 is 5.97 Å². The Morgan fingerprint density at radius 3 is 2.54 bits per heavy atom. The molecule has 7 nitrogen and oxygen atoms in total. The number of aliphatic carboxylic acids is 1. The Labute approximate surface area is 157 Å². The number of hydrogen-bond donors (Lipinski definition) is 1. The lowest BCUT2D eigenvalue weighted by molar-refractivity contribution is -0.136. The minimum atomic E-state index is -0.991. The second-order valence-electron chi connectivity index (χ2n) is 6.37. The van der Waals surface area contributed by atoms with E-state index in [0.717, 1.165) is 18.2 Å². The number of fused-ring (bicyclic) bond motifs is 1. The van der Waals surface area contributed by atoms with Gasteiger partial charge in [-0.3, -0.25) is 14.6 Å². The highest BCUT2D eigenvalue weighted by Gasteiger charge is 2.30. The summed E-state index contributed by atoms with van der Waals surface area (Å²) in [6.45, 7) is 0.299. The lowest BCUT2D eigenvalue weighted by Crippen LogP contribution is -2.38. The normalized spacial score (nSPS) is 13.5. The second-order valence-corrected chi connectivity index (χ2v) is 6.37. The van der Waals surface area contributed by atoms with E-state index < -0.39 is 17.6 Å². The van der Waals surface area contributed by atoms with Crippen molar-refractivity contribution in [2.75, 3.05) is 11.4 Å². The van der Waals surface area contributed by atoms with Gasteiger partial charge in [-0.15, -0.1) is 0 Å². The van der Waals surface area contributed by atoms with E-state index in [9.17, 15) is 18.4 Å². The van der Waals surface area contributed by atoms with E-state index in [2.05, 4.69) is 10.1 Å². The molecule has 0 fully saturated rings. The molecular formula is C19H14F2N4O3. The van der Waals surface area contributed by atoms with Gasteiger partial charge in [0.05, 0.1) is 41.4 Å². The number of carboxylic acid groups (broad SMARTS) is 1. The van der Waals surface area contributed by atoms with Crippen molar-refractivity contribution in [2.24, 2.45) is 0 Å². The minimum Gasteiger partial charge on any atom is -0.481 e. The fourth-order valence-electron chi connectivity index (χ4n) is 3.28. The predicted molar refractivity (Wildman–Crippen MR) is 94.4 cm³/mol. The molecule has 0 saturated heterocycles. The summed E-state index contributed by atoms with van der Waals surface area (Å²) in [4.78, 5) is 29.3. The monoisotopic (exact) mass is 384 g/mol. The minimum absolute atomic E-state index is 0.197. The molecule has 1 N–H and O–H groups in total. The predicted octanol–water partition coefficient (Wildman–Crippen LogP) is 2.38. The zero-order valence-electron chi connectivity index (χ0n) is 14.5. The molecule has 1 aliphatic rings. The van der Waals surface area contributed by atoms with Crippen molar-refractivity contribution < 1.29 is 23.5 Å². The third kappa shape index (κ3) is 3.22. The number of aromatic nitrogens is 3. The standard InChI is InChI=1S/C19H14F2N4O3/c20-12-5-13(21)7-14(6-12)25-17-1-2-24(19(28)16(17)10-23-25)15-3-11(4-18(26)27)8-22-9-15/h3,5-10H,1-2,4H2,(H,26,27). The van der Waals surface area contributed by atoms with Crippen molar-refractivity contribution in [1.82, 2.24) is 14.8 Å². The van der Waals surface area contributed by atoms with Gasteiger partial charge < -0.3 is 10.0 Å². The molecule has 0 bridgehead atoms. The van der Waals surface area contributed by atoms with Crippen LogP contribution in [0.1, 0.15) is 21.6 Å². The summed E-state index contributed by atoms with van der Waals surface area (Å²) in [5, 5.41) is 13.1. The maximum absolute atomic E-state index is 13.5. The van der Waals surface area contributed by atoms with E-state index in [-0.39, 0.29) is 18.0 Å². The zero-order chi connectivity index (χ0) is 19.8. The molecule has 0 saturated carbocycles. The van der Waals surface area contributed by atoms with Crippen LogP contribution in [0.5, 0.6) is 0 Å². The third-order valence-corrected chi connectivity index (χ3v) is 4.46. The molecule has 0 unspecified atom stereocenters. The number of carbonyl (C=O) groups excluding carboxylic acids is 1. The molecule has 9 heteroatoms. The molecule has 0 aliphatic carbocycles. The van der Waals surface area contributed by atoms with Crippen LogP contribution in [0.2, 0.25) is 0 Å². The van der Waals surface area contributed by atoms with Crippen molar-refractivity contribution in [3.05, 3.63) is 71.3 Å². The van der Waals surface area contributed by atoms with Crippen molar-refractivity contribution >= 4 is 17.6 Å². The molecule has 2 aromatic heterocycles. The Balaban J connectivity index is 1.67. The van der Waals surface area contributed by atoms with Crippen LogP contribution >= 0.6 is 0 Å². The van der Waals surface area contributed by atoms with Crippen LogP contribution < -0.4 is 4.90 Å². The second kappa shape index (κ2) is 6.84. The molecule has 3 aromatic rings. The Bertz CT molecular complexity index is 1080. The van der Waals surface area contributed by atoms with Crippen LogP contribution in [0, 0.1) is 11.6 Å². The molecular weight excluding hydrogens is 370 g/mol. The number of halogens is 2. The van der Waals surface area contributed by atoms with Gasteiger partial charge in [-0.2, -0.15) is 5.10 Å². The lowest BCUT2D eigenvalue weighted by atomic mass is 10.1. The summed E-state index contributed by atoms with van der Waals surface area (Å²) in [5.41, 5.74) is 2.04.